The molecule has 0 bridgehead atoms. The number of amides is 1. The molecular formula is C24H22FIN4O3. The highest BCUT2D eigenvalue weighted by Crippen LogP contribution is 2.34. The van der Waals surface area contributed by atoms with Crippen LogP contribution in [0.2, 0.25) is 0 Å². The molecule has 0 fully saturated rings. The first-order chi connectivity index (χ1) is 16.1. The molecule has 2 aromatic carbocycles. The van der Waals surface area contributed by atoms with Crippen LogP contribution in [0.15, 0.2) is 67.0 Å². The SMILES string of the molecule is O=C(NOCCO)c1c(Nc2ccc(I)cc2F)c2cnccc2n1CCc1ccccc1. The molecule has 0 atom stereocenters. The van der Waals surface area contributed by atoms with E-state index in [0.29, 0.717) is 24.0 Å². The molecule has 7 nitrogen and oxygen atoms in total. The molecule has 0 unspecified atom stereocenters. The summed E-state index contributed by atoms with van der Waals surface area (Å²) in [5.41, 5.74) is 5.23. The smallest absolute Gasteiger partial charge is 0.293 e. The second kappa shape index (κ2) is 10.7. The lowest BCUT2D eigenvalue weighted by Gasteiger charge is -2.14. The number of hydrogen-bond acceptors (Lipinski definition) is 5. The van der Waals surface area contributed by atoms with Crippen LogP contribution in [0.1, 0.15) is 16.1 Å². The van der Waals surface area contributed by atoms with Crippen molar-refractivity contribution in [3.8, 4) is 0 Å². The van der Waals surface area contributed by atoms with Crippen molar-refractivity contribution < 1.29 is 19.1 Å². The average Bonchev–Trinajstić information content (AvgIpc) is 3.13. The highest BCUT2D eigenvalue weighted by atomic mass is 127. The van der Waals surface area contributed by atoms with Crippen LogP contribution in [0.25, 0.3) is 10.9 Å². The van der Waals surface area contributed by atoms with Gasteiger partial charge in [-0.05, 0) is 58.8 Å². The molecule has 0 saturated heterocycles. The van der Waals surface area contributed by atoms with Gasteiger partial charge < -0.3 is 15.0 Å². The van der Waals surface area contributed by atoms with Gasteiger partial charge in [-0.25, -0.2) is 9.87 Å². The number of rotatable bonds is 9. The van der Waals surface area contributed by atoms with Gasteiger partial charge in [-0.2, -0.15) is 0 Å². The Morgan fingerprint density at radius 2 is 2.00 bits per heavy atom. The molecule has 0 aliphatic heterocycles. The Morgan fingerprint density at radius 3 is 2.76 bits per heavy atom. The third-order valence-electron chi connectivity index (χ3n) is 5.10. The van der Waals surface area contributed by atoms with Crippen LogP contribution in [-0.2, 0) is 17.8 Å². The van der Waals surface area contributed by atoms with Gasteiger partial charge in [-0.1, -0.05) is 30.3 Å². The number of halogens is 2. The van der Waals surface area contributed by atoms with Crippen LogP contribution in [0, 0.1) is 9.39 Å². The van der Waals surface area contributed by atoms with Crippen LogP contribution in [-0.4, -0.2) is 33.8 Å². The number of aromatic nitrogens is 2. The molecular weight excluding hydrogens is 538 g/mol. The van der Waals surface area contributed by atoms with Crippen LogP contribution >= 0.6 is 22.6 Å². The van der Waals surface area contributed by atoms with Crippen LogP contribution in [0.4, 0.5) is 15.8 Å². The summed E-state index contributed by atoms with van der Waals surface area (Å²) in [4.78, 5) is 22.5. The fraction of sp³-hybridized carbons (Fsp3) is 0.167. The summed E-state index contributed by atoms with van der Waals surface area (Å²) in [7, 11) is 0. The number of aliphatic hydroxyl groups excluding tert-OH is 1. The molecule has 33 heavy (non-hydrogen) atoms. The molecule has 1 amide bonds. The zero-order valence-corrected chi connectivity index (χ0v) is 19.8. The number of nitrogens with zero attached hydrogens (tertiary/aromatic N) is 2. The summed E-state index contributed by atoms with van der Waals surface area (Å²) in [6.07, 6.45) is 3.98. The number of aryl methyl sites for hydroxylation is 2. The number of aliphatic hydroxyl groups is 1. The summed E-state index contributed by atoms with van der Waals surface area (Å²) in [5.74, 6) is -0.944. The number of carbonyl (C=O) groups is 1. The van der Waals surface area contributed by atoms with E-state index in [0.717, 1.165) is 14.7 Å². The molecule has 170 valence electrons. The van der Waals surface area contributed by atoms with Gasteiger partial charge in [0.05, 0.1) is 30.1 Å². The Morgan fingerprint density at radius 1 is 1.18 bits per heavy atom. The van der Waals surface area contributed by atoms with E-state index >= 15 is 0 Å². The van der Waals surface area contributed by atoms with E-state index in [4.69, 9.17) is 9.94 Å². The van der Waals surface area contributed by atoms with Crippen LogP contribution < -0.4 is 10.8 Å². The Balaban J connectivity index is 1.80. The average molecular weight is 560 g/mol. The molecule has 0 radical (unpaired) electrons. The van der Waals surface area contributed by atoms with Gasteiger partial charge in [-0.15, -0.1) is 0 Å². The van der Waals surface area contributed by atoms with Gasteiger partial charge in [0.15, 0.2) is 0 Å². The number of fused-ring (bicyclic) bond motifs is 1. The predicted molar refractivity (Wildman–Crippen MR) is 133 cm³/mol. The lowest BCUT2D eigenvalue weighted by Crippen LogP contribution is -2.28. The third-order valence-corrected chi connectivity index (χ3v) is 5.77. The first-order valence-corrected chi connectivity index (χ1v) is 11.4. The lowest BCUT2D eigenvalue weighted by molar-refractivity contribution is 0.0163. The molecule has 0 saturated carbocycles. The summed E-state index contributed by atoms with van der Waals surface area (Å²) in [5, 5.41) is 12.8. The van der Waals surface area contributed by atoms with Gasteiger partial charge in [0.25, 0.3) is 5.91 Å². The first-order valence-electron chi connectivity index (χ1n) is 10.3. The van der Waals surface area contributed by atoms with Crippen LogP contribution in [0.3, 0.4) is 0 Å². The molecule has 4 aromatic rings. The molecule has 3 N–H and O–H groups in total. The van der Waals surface area contributed by atoms with E-state index in [9.17, 15) is 9.18 Å². The van der Waals surface area contributed by atoms with Crippen molar-refractivity contribution in [3.05, 3.63) is 87.6 Å². The zero-order valence-electron chi connectivity index (χ0n) is 17.6. The van der Waals surface area contributed by atoms with E-state index in [2.05, 4.69) is 15.8 Å². The summed E-state index contributed by atoms with van der Waals surface area (Å²) < 4.78 is 17.3. The minimum Gasteiger partial charge on any atom is -0.394 e. The van der Waals surface area contributed by atoms with E-state index in [1.807, 2.05) is 63.6 Å². The summed E-state index contributed by atoms with van der Waals surface area (Å²) in [6, 6.07) is 16.6. The molecule has 2 aromatic heterocycles. The van der Waals surface area contributed by atoms with Crippen molar-refractivity contribution in [2.75, 3.05) is 18.5 Å². The van der Waals surface area contributed by atoms with Gasteiger partial charge in [0.1, 0.15) is 11.5 Å². The molecule has 2 heterocycles. The Labute approximate surface area is 203 Å². The number of hydroxylamine groups is 1. The maximum Gasteiger partial charge on any atom is 0.293 e. The largest absolute Gasteiger partial charge is 0.394 e. The number of nitrogens with one attached hydrogen (secondary N) is 2. The van der Waals surface area contributed by atoms with Gasteiger partial charge in [0, 0.05) is 27.9 Å². The molecule has 0 aliphatic rings. The number of hydrogen-bond donors (Lipinski definition) is 3. The maximum atomic E-state index is 14.7. The number of carbonyl (C=O) groups excluding carboxylic acids is 1. The third kappa shape index (κ3) is 5.32. The van der Waals surface area contributed by atoms with E-state index < -0.39 is 11.7 Å². The van der Waals surface area contributed by atoms with E-state index in [-0.39, 0.29) is 24.6 Å². The second-order valence-electron chi connectivity index (χ2n) is 7.26. The van der Waals surface area contributed by atoms with Crippen LogP contribution in [0.5, 0.6) is 0 Å². The molecule has 9 heteroatoms. The fourth-order valence-electron chi connectivity index (χ4n) is 3.61. The van der Waals surface area contributed by atoms with Crippen molar-refractivity contribution in [3.63, 3.8) is 0 Å². The van der Waals surface area contributed by atoms with Crippen molar-refractivity contribution in [1.29, 1.82) is 0 Å². The fourth-order valence-corrected chi connectivity index (χ4v) is 4.07. The number of benzene rings is 2. The summed E-state index contributed by atoms with van der Waals surface area (Å²) >= 11 is 2.04. The minimum absolute atomic E-state index is 0.0496. The Hall–Kier alpha value is -3.02. The van der Waals surface area contributed by atoms with E-state index in [1.54, 1.807) is 24.5 Å². The zero-order chi connectivity index (χ0) is 23.2. The minimum atomic E-state index is -0.513. The highest BCUT2D eigenvalue weighted by Gasteiger charge is 2.24. The van der Waals surface area contributed by atoms with Crippen molar-refractivity contribution in [2.45, 2.75) is 13.0 Å². The molecule has 4 rings (SSSR count). The normalized spacial score (nSPS) is 11.0. The van der Waals surface area contributed by atoms with Crippen molar-refractivity contribution >= 4 is 50.8 Å². The number of anilines is 2. The van der Waals surface area contributed by atoms with Gasteiger partial charge in [-0.3, -0.25) is 14.6 Å². The highest BCUT2D eigenvalue weighted by molar-refractivity contribution is 14.1. The topological polar surface area (TPSA) is 88.4 Å². The lowest BCUT2D eigenvalue weighted by atomic mass is 10.1. The Bertz CT molecular complexity index is 1260. The maximum absolute atomic E-state index is 14.7. The van der Waals surface area contributed by atoms with E-state index in [1.165, 1.54) is 6.07 Å². The second-order valence-corrected chi connectivity index (χ2v) is 8.50. The standard InChI is InChI=1S/C24H22FIN4O3/c25-19-14-17(26)6-7-20(19)28-22-18-15-27-10-8-21(18)30(11-9-16-4-2-1-3-5-16)23(22)24(32)29-33-13-12-31/h1-8,10,14-15,28,31H,9,11-13H2,(H,29,32). The summed E-state index contributed by atoms with van der Waals surface area (Å²) in [6.45, 7) is 0.219. The number of pyridine rings is 1. The molecule has 0 spiro atoms. The Kier molecular flexibility index (Phi) is 7.53. The van der Waals surface area contributed by atoms with Gasteiger partial charge in [0.2, 0.25) is 0 Å². The van der Waals surface area contributed by atoms with Crippen molar-refractivity contribution in [2.24, 2.45) is 0 Å². The first kappa shape index (κ1) is 23.1. The van der Waals surface area contributed by atoms with Gasteiger partial charge >= 0.3 is 0 Å². The predicted octanol–water partition coefficient (Wildman–Crippen LogP) is 4.42. The molecule has 0 aliphatic carbocycles. The van der Waals surface area contributed by atoms with Crippen molar-refractivity contribution in [1.82, 2.24) is 15.0 Å². The monoisotopic (exact) mass is 560 g/mol. The quantitative estimate of drug-likeness (QED) is 0.160.